The normalized spacial score (nSPS) is 18.5. The van der Waals surface area contributed by atoms with Gasteiger partial charge in [0.25, 0.3) is 11.7 Å². The van der Waals surface area contributed by atoms with Crippen molar-refractivity contribution in [3.63, 3.8) is 0 Å². The molecule has 7 heteroatoms. The minimum absolute atomic E-state index is 0.0653. The van der Waals surface area contributed by atoms with Gasteiger partial charge in [0.15, 0.2) is 0 Å². The Bertz CT molecular complexity index is 925. The van der Waals surface area contributed by atoms with E-state index >= 15 is 0 Å². The molecule has 0 spiro atoms. The Morgan fingerprint density at radius 2 is 1.86 bits per heavy atom. The standard InChI is InChI=1S/C22H25N3O4/c1-24(2)13-6-14-25-19(16-7-4-5-8-17(16)29-3)18(21(27)22(25)28)20(26)15-9-11-23-12-10-15/h4-5,7-12,19,26H,6,13-14H2,1-3H3/t19-/m0/s1. The average molecular weight is 395 g/mol. The van der Waals surface area contributed by atoms with Gasteiger partial charge in [-0.15, -0.1) is 0 Å². The van der Waals surface area contributed by atoms with Crippen LogP contribution in [0.1, 0.15) is 23.6 Å². The minimum atomic E-state index is -0.721. The summed E-state index contributed by atoms with van der Waals surface area (Å²) < 4.78 is 5.48. The lowest BCUT2D eigenvalue weighted by Gasteiger charge is -2.27. The number of aliphatic hydroxyl groups is 1. The molecule has 0 bridgehead atoms. The molecular weight excluding hydrogens is 370 g/mol. The van der Waals surface area contributed by atoms with Gasteiger partial charge in [0.05, 0.1) is 18.7 Å². The summed E-state index contributed by atoms with van der Waals surface area (Å²) in [5, 5.41) is 10.9. The lowest BCUT2D eigenvalue weighted by atomic mass is 9.95. The van der Waals surface area contributed by atoms with Crippen LogP contribution in [-0.4, -0.2) is 65.9 Å². The predicted octanol–water partition coefficient (Wildman–Crippen LogP) is 2.46. The fraction of sp³-hybridized carbons (Fsp3) is 0.318. The Balaban J connectivity index is 2.13. The van der Waals surface area contributed by atoms with E-state index in [0.29, 0.717) is 29.8 Å². The Morgan fingerprint density at radius 1 is 1.17 bits per heavy atom. The van der Waals surface area contributed by atoms with E-state index in [1.54, 1.807) is 25.3 Å². The van der Waals surface area contributed by atoms with Gasteiger partial charge in [-0.25, -0.2) is 0 Å². The molecule has 1 N–H and O–H groups in total. The fourth-order valence-electron chi connectivity index (χ4n) is 3.55. The summed E-state index contributed by atoms with van der Waals surface area (Å²) in [6.07, 6.45) is 3.75. The van der Waals surface area contributed by atoms with Crippen molar-refractivity contribution in [2.45, 2.75) is 12.5 Å². The van der Waals surface area contributed by atoms with Crippen molar-refractivity contribution in [1.29, 1.82) is 0 Å². The summed E-state index contributed by atoms with van der Waals surface area (Å²) >= 11 is 0. The van der Waals surface area contributed by atoms with Gasteiger partial charge in [0.1, 0.15) is 11.5 Å². The molecule has 0 saturated carbocycles. The summed E-state index contributed by atoms with van der Waals surface area (Å²) in [4.78, 5) is 33.3. The molecular formula is C22H25N3O4. The number of rotatable bonds is 7. The van der Waals surface area contributed by atoms with Crippen LogP contribution in [0.25, 0.3) is 5.76 Å². The van der Waals surface area contributed by atoms with Crippen molar-refractivity contribution in [1.82, 2.24) is 14.8 Å². The number of aliphatic hydroxyl groups excluding tert-OH is 1. The minimum Gasteiger partial charge on any atom is -0.507 e. The second-order valence-electron chi connectivity index (χ2n) is 7.13. The van der Waals surface area contributed by atoms with Crippen LogP contribution in [0.15, 0.2) is 54.4 Å². The highest BCUT2D eigenvalue weighted by Crippen LogP contribution is 2.42. The molecule has 1 aliphatic rings. The summed E-state index contributed by atoms with van der Waals surface area (Å²) in [6, 6.07) is 9.73. The van der Waals surface area contributed by atoms with Crippen molar-refractivity contribution in [3.8, 4) is 5.75 Å². The van der Waals surface area contributed by atoms with Gasteiger partial charge in [0, 0.05) is 30.1 Å². The van der Waals surface area contributed by atoms with E-state index in [1.807, 2.05) is 37.2 Å². The molecule has 1 saturated heterocycles. The van der Waals surface area contributed by atoms with Crippen molar-refractivity contribution < 1.29 is 19.4 Å². The van der Waals surface area contributed by atoms with Crippen molar-refractivity contribution >= 4 is 17.4 Å². The van der Waals surface area contributed by atoms with Gasteiger partial charge in [-0.05, 0) is 45.3 Å². The van der Waals surface area contributed by atoms with Gasteiger partial charge in [-0.3, -0.25) is 14.6 Å². The number of ether oxygens (including phenoxy) is 1. The van der Waals surface area contributed by atoms with Crippen LogP contribution in [-0.2, 0) is 9.59 Å². The molecule has 1 aromatic heterocycles. The number of hydrogen-bond donors (Lipinski definition) is 1. The number of amides is 1. The summed E-state index contributed by atoms with van der Waals surface area (Å²) in [7, 11) is 5.45. The third kappa shape index (κ3) is 4.14. The number of likely N-dealkylation sites (tertiary alicyclic amines) is 1. The van der Waals surface area contributed by atoms with Gasteiger partial charge in [0.2, 0.25) is 0 Å². The van der Waals surface area contributed by atoms with Crippen LogP contribution in [0, 0.1) is 0 Å². The molecule has 1 aliphatic heterocycles. The zero-order valence-corrected chi connectivity index (χ0v) is 16.8. The molecule has 1 atom stereocenters. The number of para-hydroxylation sites is 1. The van der Waals surface area contributed by atoms with E-state index in [-0.39, 0.29) is 11.3 Å². The Hall–Kier alpha value is -3.19. The van der Waals surface area contributed by atoms with Gasteiger partial charge in [-0.2, -0.15) is 0 Å². The van der Waals surface area contributed by atoms with Crippen molar-refractivity contribution in [2.75, 3.05) is 34.3 Å². The third-order valence-corrected chi connectivity index (χ3v) is 4.93. The molecule has 1 fully saturated rings. The maximum atomic E-state index is 12.9. The van der Waals surface area contributed by atoms with E-state index in [4.69, 9.17) is 4.74 Å². The van der Waals surface area contributed by atoms with Crippen LogP contribution >= 0.6 is 0 Å². The molecule has 29 heavy (non-hydrogen) atoms. The monoisotopic (exact) mass is 395 g/mol. The Labute approximate surface area is 170 Å². The number of ketones is 1. The second-order valence-corrected chi connectivity index (χ2v) is 7.13. The molecule has 1 aromatic carbocycles. The topological polar surface area (TPSA) is 83.0 Å². The smallest absolute Gasteiger partial charge is 0.295 e. The van der Waals surface area contributed by atoms with E-state index in [0.717, 1.165) is 6.54 Å². The van der Waals surface area contributed by atoms with Crippen LogP contribution < -0.4 is 4.74 Å². The first-order chi connectivity index (χ1) is 14.0. The molecule has 7 nitrogen and oxygen atoms in total. The highest BCUT2D eigenvalue weighted by Gasteiger charge is 2.46. The number of hydrogen-bond acceptors (Lipinski definition) is 6. The van der Waals surface area contributed by atoms with Crippen LogP contribution in [0.4, 0.5) is 0 Å². The van der Waals surface area contributed by atoms with E-state index in [9.17, 15) is 14.7 Å². The molecule has 0 radical (unpaired) electrons. The van der Waals surface area contributed by atoms with Gasteiger partial charge in [-0.1, -0.05) is 18.2 Å². The molecule has 2 heterocycles. The number of benzene rings is 1. The molecule has 2 aromatic rings. The second kappa shape index (κ2) is 8.87. The summed E-state index contributed by atoms with van der Waals surface area (Å²) in [6.45, 7) is 1.16. The number of Topliss-reactive ketones (excluding diaryl/α,β-unsaturated/α-hetero) is 1. The van der Waals surface area contributed by atoms with Crippen molar-refractivity contribution in [3.05, 3.63) is 65.5 Å². The predicted molar refractivity (Wildman–Crippen MR) is 109 cm³/mol. The highest BCUT2D eigenvalue weighted by atomic mass is 16.5. The zero-order valence-electron chi connectivity index (χ0n) is 16.8. The van der Waals surface area contributed by atoms with Crippen LogP contribution in [0.2, 0.25) is 0 Å². The van der Waals surface area contributed by atoms with Crippen LogP contribution in [0.3, 0.4) is 0 Å². The highest BCUT2D eigenvalue weighted by molar-refractivity contribution is 6.46. The number of nitrogens with zero attached hydrogens (tertiary/aromatic N) is 3. The van der Waals surface area contributed by atoms with E-state index in [1.165, 1.54) is 17.3 Å². The maximum absolute atomic E-state index is 12.9. The van der Waals surface area contributed by atoms with Gasteiger partial charge >= 0.3 is 0 Å². The lowest BCUT2D eigenvalue weighted by Crippen LogP contribution is -2.32. The first-order valence-corrected chi connectivity index (χ1v) is 9.42. The summed E-state index contributed by atoms with van der Waals surface area (Å²) in [5.74, 6) is -0.968. The first kappa shape index (κ1) is 20.5. The average Bonchev–Trinajstić information content (AvgIpc) is 2.98. The van der Waals surface area contributed by atoms with Gasteiger partial charge < -0.3 is 19.6 Å². The quantitative estimate of drug-likeness (QED) is 0.441. The summed E-state index contributed by atoms with van der Waals surface area (Å²) in [5.41, 5.74) is 1.16. The largest absolute Gasteiger partial charge is 0.507 e. The number of carbonyl (C=O) groups is 2. The maximum Gasteiger partial charge on any atom is 0.295 e. The first-order valence-electron chi connectivity index (χ1n) is 9.42. The molecule has 0 unspecified atom stereocenters. The van der Waals surface area contributed by atoms with Crippen molar-refractivity contribution in [2.24, 2.45) is 0 Å². The number of carbonyl (C=O) groups excluding carboxylic acids is 2. The zero-order chi connectivity index (χ0) is 21.0. The fourth-order valence-corrected chi connectivity index (χ4v) is 3.55. The van der Waals surface area contributed by atoms with E-state index in [2.05, 4.69) is 4.98 Å². The number of aromatic nitrogens is 1. The number of pyridine rings is 1. The molecule has 0 aliphatic carbocycles. The third-order valence-electron chi connectivity index (χ3n) is 4.93. The SMILES string of the molecule is COc1ccccc1[C@H]1C(=C(O)c2ccncc2)C(=O)C(=O)N1CCCN(C)C. The number of methoxy groups -OCH3 is 1. The Morgan fingerprint density at radius 3 is 2.52 bits per heavy atom. The van der Waals surface area contributed by atoms with Crippen LogP contribution in [0.5, 0.6) is 5.75 Å². The van der Waals surface area contributed by atoms with E-state index < -0.39 is 17.7 Å². The molecule has 3 rings (SSSR count). The Kier molecular flexibility index (Phi) is 6.29. The molecule has 1 amide bonds. The lowest BCUT2D eigenvalue weighted by molar-refractivity contribution is -0.140. The molecule has 152 valence electrons.